The minimum atomic E-state index is -0.0299. The predicted octanol–water partition coefficient (Wildman–Crippen LogP) is 4.34. The second kappa shape index (κ2) is 8.12. The van der Waals surface area contributed by atoms with Gasteiger partial charge in [-0.05, 0) is 54.8 Å². The number of ether oxygens (including phenoxy) is 1. The van der Waals surface area contributed by atoms with Crippen LogP contribution in [-0.4, -0.2) is 34.2 Å². The molecule has 28 heavy (non-hydrogen) atoms. The third-order valence-electron chi connectivity index (χ3n) is 4.62. The van der Waals surface area contributed by atoms with Crippen molar-refractivity contribution in [1.82, 2.24) is 15.1 Å². The number of aromatic nitrogens is 2. The highest BCUT2D eigenvalue weighted by Gasteiger charge is 2.34. The molecule has 144 valence electrons. The topological polar surface area (TPSA) is 68.5 Å². The maximum Gasteiger partial charge on any atom is 0.254 e. The molecule has 0 saturated heterocycles. The van der Waals surface area contributed by atoms with Gasteiger partial charge in [-0.3, -0.25) is 4.79 Å². The SMILES string of the molecule is COCc1ccc(C(=O)N(Cc2nnc(-c3ccc(Cl)cc3)o2)C2CC2)cc1. The van der Waals surface area contributed by atoms with E-state index in [1.54, 1.807) is 19.2 Å². The monoisotopic (exact) mass is 397 g/mol. The molecule has 0 radical (unpaired) electrons. The number of carbonyl (C=O) groups excluding carboxylic acids is 1. The average Bonchev–Trinajstić information content (AvgIpc) is 3.45. The number of methoxy groups -OCH3 is 1. The van der Waals surface area contributed by atoms with Crippen molar-refractivity contribution >= 4 is 17.5 Å². The molecule has 1 aliphatic carbocycles. The van der Waals surface area contributed by atoms with Gasteiger partial charge in [0.25, 0.3) is 5.91 Å². The van der Waals surface area contributed by atoms with E-state index >= 15 is 0 Å². The first-order valence-electron chi connectivity index (χ1n) is 9.11. The van der Waals surface area contributed by atoms with E-state index in [1.165, 1.54) is 0 Å². The molecule has 7 heteroatoms. The molecule has 0 spiro atoms. The molecular weight excluding hydrogens is 378 g/mol. The van der Waals surface area contributed by atoms with E-state index in [2.05, 4.69) is 10.2 Å². The van der Waals surface area contributed by atoms with Crippen molar-refractivity contribution in [1.29, 1.82) is 0 Å². The van der Waals surface area contributed by atoms with Crippen LogP contribution in [0.2, 0.25) is 5.02 Å². The molecule has 1 amide bonds. The summed E-state index contributed by atoms with van der Waals surface area (Å²) in [6.45, 7) is 0.820. The van der Waals surface area contributed by atoms with Crippen molar-refractivity contribution in [3.05, 3.63) is 70.6 Å². The lowest BCUT2D eigenvalue weighted by Crippen LogP contribution is -2.32. The van der Waals surface area contributed by atoms with Gasteiger partial charge in [-0.2, -0.15) is 0 Å². The molecule has 1 aliphatic rings. The van der Waals surface area contributed by atoms with E-state index in [9.17, 15) is 4.79 Å². The van der Waals surface area contributed by atoms with Crippen LogP contribution in [0.4, 0.5) is 0 Å². The molecule has 3 aromatic rings. The summed E-state index contributed by atoms with van der Waals surface area (Å²) < 4.78 is 10.9. The van der Waals surface area contributed by atoms with E-state index in [4.69, 9.17) is 20.8 Å². The number of amides is 1. The Balaban J connectivity index is 1.49. The van der Waals surface area contributed by atoms with Crippen molar-refractivity contribution in [3.63, 3.8) is 0 Å². The number of rotatable bonds is 7. The van der Waals surface area contributed by atoms with Crippen LogP contribution >= 0.6 is 11.6 Å². The lowest BCUT2D eigenvalue weighted by Gasteiger charge is -2.20. The lowest BCUT2D eigenvalue weighted by molar-refractivity contribution is 0.0714. The Labute approximate surface area is 168 Å². The van der Waals surface area contributed by atoms with Crippen molar-refractivity contribution in [2.75, 3.05) is 7.11 Å². The fourth-order valence-corrected chi connectivity index (χ4v) is 3.13. The minimum absolute atomic E-state index is 0.0299. The molecule has 0 atom stereocenters. The Bertz CT molecular complexity index is 950. The van der Waals surface area contributed by atoms with Gasteiger partial charge < -0.3 is 14.1 Å². The molecule has 1 saturated carbocycles. The normalized spacial score (nSPS) is 13.5. The predicted molar refractivity (Wildman–Crippen MR) is 105 cm³/mol. The van der Waals surface area contributed by atoms with Crippen LogP contribution in [0.15, 0.2) is 52.9 Å². The van der Waals surface area contributed by atoms with Gasteiger partial charge in [-0.25, -0.2) is 0 Å². The van der Waals surface area contributed by atoms with E-state index in [0.29, 0.717) is 35.5 Å². The van der Waals surface area contributed by atoms with Crippen LogP contribution < -0.4 is 0 Å². The maximum absolute atomic E-state index is 13.0. The summed E-state index contributed by atoms with van der Waals surface area (Å²) in [5.74, 6) is 0.803. The van der Waals surface area contributed by atoms with E-state index in [0.717, 1.165) is 24.0 Å². The lowest BCUT2D eigenvalue weighted by atomic mass is 10.1. The molecule has 0 unspecified atom stereocenters. The molecule has 0 aliphatic heterocycles. The Hall–Kier alpha value is -2.70. The summed E-state index contributed by atoms with van der Waals surface area (Å²) in [4.78, 5) is 14.8. The van der Waals surface area contributed by atoms with Crippen molar-refractivity contribution in [2.45, 2.75) is 32.0 Å². The maximum atomic E-state index is 13.0. The summed E-state index contributed by atoms with van der Waals surface area (Å²) in [7, 11) is 1.65. The zero-order chi connectivity index (χ0) is 19.5. The zero-order valence-electron chi connectivity index (χ0n) is 15.5. The van der Waals surface area contributed by atoms with Gasteiger partial charge in [0.05, 0.1) is 13.2 Å². The molecule has 6 nitrogen and oxygen atoms in total. The number of hydrogen-bond donors (Lipinski definition) is 0. The molecule has 1 heterocycles. The first-order chi connectivity index (χ1) is 13.6. The third kappa shape index (κ3) is 4.24. The van der Waals surface area contributed by atoms with Crippen molar-refractivity contribution < 1.29 is 13.9 Å². The van der Waals surface area contributed by atoms with Crippen LogP contribution in [0.25, 0.3) is 11.5 Å². The van der Waals surface area contributed by atoms with Crippen molar-refractivity contribution in [3.8, 4) is 11.5 Å². The van der Waals surface area contributed by atoms with Gasteiger partial charge in [0.1, 0.15) is 0 Å². The average molecular weight is 398 g/mol. The summed E-state index contributed by atoms with van der Waals surface area (Å²) in [6, 6.07) is 14.9. The first-order valence-corrected chi connectivity index (χ1v) is 9.49. The van der Waals surface area contributed by atoms with Gasteiger partial charge in [0.2, 0.25) is 11.8 Å². The number of benzene rings is 2. The van der Waals surface area contributed by atoms with Gasteiger partial charge in [0, 0.05) is 29.3 Å². The summed E-state index contributed by atoms with van der Waals surface area (Å²) in [5, 5.41) is 8.86. The summed E-state index contributed by atoms with van der Waals surface area (Å²) in [6.07, 6.45) is 1.98. The van der Waals surface area contributed by atoms with Crippen LogP contribution in [0.5, 0.6) is 0 Å². The molecule has 2 aromatic carbocycles. The standard InChI is InChI=1S/C21H20ClN3O3/c1-27-13-14-2-4-16(5-3-14)21(26)25(18-10-11-18)12-19-23-24-20(28-19)15-6-8-17(22)9-7-15/h2-9,18H,10-13H2,1H3. The number of nitrogens with zero attached hydrogens (tertiary/aromatic N) is 3. The number of halogens is 1. The molecular formula is C21H20ClN3O3. The fourth-order valence-electron chi connectivity index (χ4n) is 3.00. The largest absolute Gasteiger partial charge is 0.419 e. The third-order valence-corrected chi connectivity index (χ3v) is 4.88. The number of carbonyl (C=O) groups is 1. The molecule has 0 bridgehead atoms. The zero-order valence-corrected chi connectivity index (χ0v) is 16.2. The summed E-state index contributed by atoms with van der Waals surface area (Å²) >= 11 is 5.92. The molecule has 1 aromatic heterocycles. The second-order valence-electron chi connectivity index (χ2n) is 6.80. The highest BCUT2D eigenvalue weighted by atomic mass is 35.5. The highest BCUT2D eigenvalue weighted by Crippen LogP contribution is 2.30. The van der Waals surface area contributed by atoms with E-state index in [1.807, 2.05) is 41.3 Å². The van der Waals surface area contributed by atoms with Crippen LogP contribution in [-0.2, 0) is 17.9 Å². The fraction of sp³-hybridized carbons (Fsp3) is 0.286. The molecule has 1 fully saturated rings. The first kappa shape index (κ1) is 18.7. The van der Waals surface area contributed by atoms with Crippen LogP contribution in [0.1, 0.15) is 34.7 Å². The van der Waals surface area contributed by atoms with Crippen molar-refractivity contribution in [2.24, 2.45) is 0 Å². The number of hydrogen-bond acceptors (Lipinski definition) is 5. The second-order valence-corrected chi connectivity index (χ2v) is 7.24. The molecule has 4 rings (SSSR count). The van der Waals surface area contributed by atoms with E-state index in [-0.39, 0.29) is 11.9 Å². The van der Waals surface area contributed by atoms with Gasteiger partial charge >= 0.3 is 0 Å². The summed E-state index contributed by atoms with van der Waals surface area (Å²) in [5.41, 5.74) is 2.46. The van der Waals surface area contributed by atoms with E-state index < -0.39 is 0 Å². The van der Waals surface area contributed by atoms with Gasteiger partial charge in [-0.1, -0.05) is 23.7 Å². The smallest absolute Gasteiger partial charge is 0.254 e. The minimum Gasteiger partial charge on any atom is -0.419 e. The Morgan fingerprint density at radius 1 is 1.14 bits per heavy atom. The van der Waals surface area contributed by atoms with Gasteiger partial charge in [-0.15, -0.1) is 10.2 Å². The Morgan fingerprint density at radius 3 is 2.50 bits per heavy atom. The quantitative estimate of drug-likeness (QED) is 0.593. The molecule has 0 N–H and O–H groups in total. The Morgan fingerprint density at radius 2 is 1.86 bits per heavy atom. The van der Waals surface area contributed by atoms with Gasteiger partial charge in [0.15, 0.2) is 0 Å². The van der Waals surface area contributed by atoms with Crippen LogP contribution in [0.3, 0.4) is 0 Å². The van der Waals surface area contributed by atoms with Crippen LogP contribution in [0, 0.1) is 0 Å². The highest BCUT2D eigenvalue weighted by molar-refractivity contribution is 6.30. The Kier molecular flexibility index (Phi) is 5.41.